The molecule has 4 rings (SSSR count). The normalized spacial score (nSPS) is 11.1. The standard InChI is InChI=1S/C21H25.C9H13.C2H4.2ClH.Zr/c1-20(2,3)16-7-9-18-14(12-16)11-15-13-17(21(4,5)6)8-10-19(15)18;1-3-8-6-5-7-9(8)4-2;1-2;;;/h7-10,12H,11H2,1-6H3;5-7H,3-4H2,1-2H3;1-2H2;2*1H;/q2*-1;;;;+4/p-2. The fraction of sp³-hybridized carbons (Fsp3) is 0.406. The van der Waals surface area contributed by atoms with E-state index in [1.54, 1.807) is 0 Å². The van der Waals surface area contributed by atoms with Gasteiger partial charge in [-0.2, -0.15) is 41.0 Å². The van der Waals surface area contributed by atoms with E-state index < -0.39 is 0 Å². The largest absolute Gasteiger partial charge is 4.00 e. The zero-order chi connectivity index (χ0) is 24.1. The average Bonchev–Trinajstić information content (AvgIpc) is 3.37. The molecule has 3 heteroatoms. The molecular weight excluding hydrogens is 546 g/mol. The maximum atomic E-state index is 3.67. The number of hydrogen-bond donors (Lipinski definition) is 0. The summed E-state index contributed by atoms with van der Waals surface area (Å²) >= 11 is 0. The van der Waals surface area contributed by atoms with E-state index in [-0.39, 0.29) is 61.8 Å². The molecule has 0 saturated heterocycles. The predicted octanol–water partition coefficient (Wildman–Crippen LogP) is 2.99. The van der Waals surface area contributed by atoms with Gasteiger partial charge in [-0.05, 0) is 28.4 Å². The minimum atomic E-state index is 0. The van der Waals surface area contributed by atoms with Crippen LogP contribution in [0.3, 0.4) is 0 Å². The number of hydrogen-bond acceptors (Lipinski definition) is 0. The van der Waals surface area contributed by atoms with Crippen LogP contribution in [0.15, 0.2) is 61.7 Å². The van der Waals surface area contributed by atoms with Gasteiger partial charge in [-0.1, -0.05) is 92.0 Å². The number of fused-ring (bicyclic) bond motifs is 3. The average molecular weight is 589 g/mol. The van der Waals surface area contributed by atoms with E-state index in [4.69, 9.17) is 0 Å². The Hall–Kier alpha value is -1.01. The summed E-state index contributed by atoms with van der Waals surface area (Å²) in [5.74, 6) is 0. The van der Waals surface area contributed by atoms with E-state index in [1.165, 1.54) is 57.3 Å². The molecule has 188 valence electrons. The summed E-state index contributed by atoms with van der Waals surface area (Å²) in [5.41, 5.74) is 11.7. The molecule has 3 aromatic rings. The predicted molar refractivity (Wildman–Crippen MR) is 143 cm³/mol. The maximum Gasteiger partial charge on any atom is 4.00 e. The molecule has 0 unspecified atom stereocenters. The van der Waals surface area contributed by atoms with Crippen LogP contribution in [0, 0.1) is 6.07 Å². The molecule has 0 amide bonds. The molecule has 1 aliphatic carbocycles. The molecule has 1 aliphatic rings. The molecule has 0 spiro atoms. The third-order valence-electron chi connectivity index (χ3n) is 6.23. The molecule has 35 heavy (non-hydrogen) atoms. The summed E-state index contributed by atoms with van der Waals surface area (Å²) in [4.78, 5) is 0. The van der Waals surface area contributed by atoms with E-state index in [0.29, 0.717) is 0 Å². The van der Waals surface area contributed by atoms with Gasteiger partial charge in [0.1, 0.15) is 0 Å². The summed E-state index contributed by atoms with van der Waals surface area (Å²) in [6, 6.07) is 21.7. The molecule has 0 fully saturated rings. The van der Waals surface area contributed by atoms with Crippen molar-refractivity contribution in [1.82, 2.24) is 0 Å². The molecule has 0 aromatic heterocycles. The first kappa shape index (κ1) is 36.2. The van der Waals surface area contributed by atoms with Gasteiger partial charge in [-0.3, -0.25) is 0 Å². The van der Waals surface area contributed by atoms with Crippen molar-refractivity contribution in [3.63, 3.8) is 0 Å². The van der Waals surface area contributed by atoms with Gasteiger partial charge in [0.2, 0.25) is 0 Å². The molecule has 0 bridgehead atoms. The van der Waals surface area contributed by atoms with Crippen LogP contribution in [0.25, 0.3) is 11.1 Å². The Morgan fingerprint density at radius 1 is 0.857 bits per heavy atom. The second-order valence-corrected chi connectivity index (χ2v) is 10.6. The van der Waals surface area contributed by atoms with Crippen LogP contribution in [-0.4, -0.2) is 0 Å². The van der Waals surface area contributed by atoms with Crippen LogP contribution in [0.2, 0.25) is 0 Å². The van der Waals surface area contributed by atoms with Gasteiger partial charge in [-0.15, -0.1) is 24.3 Å². The molecule has 0 atom stereocenters. The first-order chi connectivity index (χ1) is 15.0. The zero-order valence-corrected chi connectivity index (χ0v) is 26.9. The Morgan fingerprint density at radius 3 is 1.94 bits per heavy atom. The molecular formula is C32H42Cl2Zr. The molecule has 0 aliphatic heterocycles. The summed E-state index contributed by atoms with van der Waals surface area (Å²) in [6.07, 6.45) is 3.38. The van der Waals surface area contributed by atoms with Crippen molar-refractivity contribution in [3.05, 3.63) is 101 Å². The van der Waals surface area contributed by atoms with E-state index in [0.717, 1.165) is 6.42 Å². The Labute approximate surface area is 247 Å². The SMILES string of the molecule is C=C.CC(C)(C)c1[c-]c2c(cc1)-c1ccc(C(C)(C)C)cc1C2.CCc1ccc[c-]1CC.[Cl-].[Cl-].[Zr+4]. The Kier molecular flexibility index (Phi) is 15.8. The van der Waals surface area contributed by atoms with E-state index in [1.807, 2.05) is 0 Å². The summed E-state index contributed by atoms with van der Waals surface area (Å²) in [5, 5.41) is 0. The van der Waals surface area contributed by atoms with Gasteiger partial charge in [0.15, 0.2) is 0 Å². The van der Waals surface area contributed by atoms with Crippen molar-refractivity contribution in [3.8, 4) is 11.1 Å². The van der Waals surface area contributed by atoms with Crippen LogP contribution in [0.1, 0.15) is 88.8 Å². The summed E-state index contributed by atoms with van der Waals surface area (Å²) < 4.78 is 0. The fourth-order valence-corrected chi connectivity index (χ4v) is 4.21. The third-order valence-corrected chi connectivity index (χ3v) is 6.23. The van der Waals surface area contributed by atoms with Gasteiger partial charge in [0, 0.05) is 0 Å². The number of halogens is 2. The number of benzene rings is 2. The Morgan fingerprint density at radius 2 is 1.46 bits per heavy atom. The van der Waals surface area contributed by atoms with Gasteiger partial charge in [0.25, 0.3) is 0 Å². The Bertz CT molecular complexity index is 952. The first-order valence-electron chi connectivity index (χ1n) is 12.0. The van der Waals surface area contributed by atoms with Crippen molar-refractivity contribution < 1.29 is 51.0 Å². The van der Waals surface area contributed by atoms with E-state index in [9.17, 15) is 0 Å². The third kappa shape index (κ3) is 9.11. The quantitative estimate of drug-likeness (QED) is 0.250. The minimum Gasteiger partial charge on any atom is -1.00 e. The second-order valence-electron chi connectivity index (χ2n) is 10.6. The van der Waals surface area contributed by atoms with Gasteiger partial charge >= 0.3 is 26.2 Å². The molecule has 0 radical (unpaired) electrons. The first-order valence-corrected chi connectivity index (χ1v) is 12.0. The van der Waals surface area contributed by atoms with Crippen LogP contribution < -0.4 is 24.8 Å². The molecule has 0 nitrogen and oxygen atoms in total. The minimum absolute atomic E-state index is 0. The number of aryl methyl sites for hydroxylation is 2. The van der Waals surface area contributed by atoms with Crippen LogP contribution in [-0.2, 0) is 56.3 Å². The van der Waals surface area contributed by atoms with Crippen LogP contribution >= 0.6 is 0 Å². The Balaban J connectivity index is 0. The molecule has 0 saturated carbocycles. The monoisotopic (exact) mass is 586 g/mol. The van der Waals surface area contributed by atoms with Crippen molar-refractivity contribution in [2.45, 2.75) is 85.5 Å². The summed E-state index contributed by atoms with van der Waals surface area (Å²) in [7, 11) is 0. The topological polar surface area (TPSA) is 0 Å². The van der Waals surface area contributed by atoms with Gasteiger partial charge in [0.05, 0.1) is 0 Å². The van der Waals surface area contributed by atoms with Crippen molar-refractivity contribution in [2.75, 3.05) is 0 Å². The van der Waals surface area contributed by atoms with E-state index in [2.05, 4.69) is 123 Å². The van der Waals surface area contributed by atoms with Crippen LogP contribution in [0.4, 0.5) is 0 Å². The van der Waals surface area contributed by atoms with Gasteiger partial charge < -0.3 is 24.8 Å². The van der Waals surface area contributed by atoms with Crippen molar-refractivity contribution in [2.24, 2.45) is 0 Å². The van der Waals surface area contributed by atoms with Crippen LogP contribution in [0.5, 0.6) is 0 Å². The maximum absolute atomic E-state index is 3.67. The van der Waals surface area contributed by atoms with E-state index >= 15 is 0 Å². The van der Waals surface area contributed by atoms with Gasteiger partial charge in [-0.25, -0.2) is 12.1 Å². The fourth-order valence-electron chi connectivity index (χ4n) is 4.21. The zero-order valence-electron chi connectivity index (χ0n) is 22.9. The second kappa shape index (κ2) is 15.3. The molecule has 3 aromatic carbocycles. The van der Waals surface area contributed by atoms with Crippen molar-refractivity contribution in [1.29, 1.82) is 0 Å². The number of rotatable bonds is 2. The van der Waals surface area contributed by atoms with Crippen molar-refractivity contribution >= 4 is 0 Å². The molecule has 0 N–H and O–H groups in total. The molecule has 0 heterocycles. The summed E-state index contributed by atoms with van der Waals surface area (Å²) in [6.45, 7) is 24.0. The smallest absolute Gasteiger partial charge is 1.00 e.